The van der Waals surface area contributed by atoms with Crippen LogP contribution in [0.1, 0.15) is 32.7 Å². The maximum atomic E-state index is 13.4. The van der Waals surface area contributed by atoms with E-state index in [0.29, 0.717) is 27.4 Å². The van der Waals surface area contributed by atoms with Gasteiger partial charge in [-0.25, -0.2) is 4.68 Å². The third kappa shape index (κ3) is 6.84. The second kappa shape index (κ2) is 12.7. The number of nitrogens with zero attached hydrogens (tertiary/aromatic N) is 2. The van der Waals surface area contributed by atoms with Gasteiger partial charge < -0.3 is 0 Å². The number of aromatic nitrogens is 2. The van der Waals surface area contributed by atoms with Crippen LogP contribution in [-0.2, 0) is 4.79 Å². The Morgan fingerprint density at radius 1 is 0.732 bits per heavy atom. The van der Waals surface area contributed by atoms with Crippen molar-refractivity contribution in [1.82, 2.24) is 20.6 Å². The van der Waals surface area contributed by atoms with Crippen LogP contribution in [0, 0.1) is 0 Å². The SMILES string of the molecule is O=C(NNC(=O)c1ccccc1)/C(=C/c1cn(-c2ccccc2)nc1-c1ccccc1)CC(=O)c1ccc(Cl)cc1. The Bertz CT molecular complexity index is 1700. The summed E-state index contributed by atoms with van der Waals surface area (Å²) in [5.41, 5.74) is 8.76. The molecule has 0 radical (unpaired) electrons. The zero-order chi connectivity index (χ0) is 28.6. The molecule has 0 saturated heterocycles. The number of rotatable bonds is 8. The topological polar surface area (TPSA) is 93.1 Å². The first-order valence-electron chi connectivity index (χ1n) is 12.8. The molecule has 2 amide bonds. The van der Waals surface area contributed by atoms with Crippen molar-refractivity contribution in [2.75, 3.05) is 0 Å². The molecule has 4 aromatic carbocycles. The number of hydrogen-bond donors (Lipinski definition) is 2. The highest BCUT2D eigenvalue weighted by atomic mass is 35.5. The zero-order valence-electron chi connectivity index (χ0n) is 21.8. The van der Waals surface area contributed by atoms with Crippen molar-refractivity contribution in [1.29, 1.82) is 0 Å². The number of hydrazine groups is 1. The number of nitrogens with one attached hydrogen (secondary N) is 2. The minimum absolute atomic E-state index is 0.142. The van der Waals surface area contributed by atoms with Gasteiger partial charge in [0.25, 0.3) is 11.8 Å². The molecule has 0 spiro atoms. The summed E-state index contributed by atoms with van der Waals surface area (Å²) in [6, 6.07) is 34.1. The summed E-state index contributed by atoms with van der Waals surface area (Å²) < 4.78 is 1.72. The average Bonchev–Trinajstić information content (AvgIpc) is 3.45. The largest absolute Gasteiger partial charge is 0.294 e. The molecule has 5 rings (SSSR count). The van der Waals surface area contributed by atoms with Gasteiger partial charge in [0.2, 0.25) is 0 Å². The summed E-state index contributed by atoms with van der Waals surface area (Å²) in [5.74, 6) is -1.39. The lowest BCUT2D eigenvalue weighted by Gasteiger charge is -2.11. The molecule has 0 aliphatic heterocycles. The van der Waals surface area contributed by atoms with Crippen LogP contribution < -0.4 is 10.9 Å². The Kier molecular flexibility index (Phi) is 8.47. The van der Waals surface area contributed by atoms with E-state index in [4.69, 9.17) is 16.7 Å². The van der Waals surface area contributed by atoms with Crippen molar-refractivity contribution in [2.24, 2.45) is 0 Å². The molecule has 1 heterocycles. The van der Waals surface area contributed by atoms with E-state index >= 15 is 0 Å². The standard InChI is InChI=1S/C33H25ClN4O3/c34-28-18-16-23(17-19-28)30(39)21-26(33(41)36-35-32(40)25-12-6-2-7-13-25)20-27-22-38(29-14-8-3-9-15-29)37-31(27)24-10-4-1-5-11-24/h1-20,22H,21H2,(H,35,40)(H,36,41)/b26-20+. The molecule has 0 aliphatic carbocycles. The minimum atomic E-state index is -0.622. The zero-order valence-corrected chi connectivity index (χ0v) is 22.6. The van der Waals surface area contributed by atoms with Gasteiger partial charge in [-0.2, -0.15) is 5.10 Å². The Labute approximate surface area is 242 Å². The molecule has 1 aromatic heterocycles. The van der Waals surface area contributed by atoms with Gasteiger partial charge in [0.05, 0.1) is 11.4 Å². The van der Waals surface area contributed by atoms with E-state index in [9.17, 15) is 14.4 Å². The van der Waals surface area contributed by atoms with Crippen LogP contribution in [-0.4, -0.2) is 27.4 Å². The van der Waals surface area contributed by atoms with E-state index < -0.39 is 11.8 Å². The lowest BCUT2D eigenvalue weighted by Crippen LogP contribution is -2.42. The molecule has 41 heavy (non-hydrogen) atoms. The average molecular weight is 561 g/mol. The van der Waals surface area contributed by atoms with Gasteiger partial charge in [-0.15, -0.1) is 0 Å². The molecule has 7 nitrogen and oxygen atoms in total. The minimum Gasteiger partial charge on any atom is -0.294 e. The molecular weight excluding hydrogens is 536 g/mol. The maximum Gasteiger partial charge on any atom is 0.269 e. The summed E-state index contributed by atoms with van der Waals surface area (Å²) in [6.45, 7) is 0. The molecule has 5 aromatic rings. The van der Waals surface area contributed by atoms with Gasteiger partial charge in [0, 0.05) is 45.5 Å². The Balaban J connectivity index is 1.51. The summed E-state index contributed by atoms with van der Waals surface area (Å²) in [4.78, 5) is 39.2. The van der Waals surface area contributed by atoms with E-state index in [0.717, 1.165) is 11.3 Å². The fourth-order valence-corrected chi connectivity index (χ4v) is 4.30. The molecule has 202 valence electrons. The van der Waals surface area contributed by atoms with E-state index in [1.807, 2.05) is 60.7 Å². The second-order valence-electron chi connectivity index (χ2n) is 9.13. The lowest BCUT2D eigenvalue weighted by atomic mass is 9.99. The van der Waals surface area contributed by atoms with E-state index in [2.05, 4.69) is 10.9 Å². The van der Waals surface area contributed by atoms with E-state index in [1.165, 1.54) is 0 Å². The number of amides is 2. The van der Waals surface area contributed by atoms with Crippen LogP contribution in [0.5, 0.6) is 0 Å². The van der Waals surface area contributed by atoms with Gasteiger partial charge in [-0.05, 0) is 54.6 Å². The first-order chi connectivity index (χ1) is 20.0. The summed E-state index contributed by atoms with van der Waals surface area (Å²) in [7, 11) is 0. The number of hydrogen-bond acceptors (Lipinski definition) is 4. The smallest absolute Gasteiger partial charge is 0.269 e. The van der Waals surface area contributed by atoms with Crippen molar-refractivity contribution in [3.8, 4) is 16.9 Å². The van der Waals surface area contributed by atoms with Crippen LogP contribution in [0.3, 0.4) is 0 Å². The first kappa shape index (κ1) is 27.3. The Morgan fingerprint density at radius 2 is 1.34 bits per heavy atom. The first-order valence-corrected chi connectivity index (χ1v) is 13.2. The third-order valence-corrected chi connectivity index (χ3v) is 6.53. The number of Topliss-reactive ketones (excluding diaryl/α,β-unsaturated/α-hetero) is 1. The van der Waals surface area contributed by atoms with Gasteiger partial charge >= 0.3 is 0 Å². The predicted octanol–water partition coefficient (Wildman–Crippen LogP) is 6.31. The van der Waals surface area contributed by atoms with Crippen LogP contribution in [0.4, 0.5) is 0 Å². The van der Waals surface area contributed by atoms with Gasteiger partial charge in [-0.3, -0.25) is 25.2 Å². The summed E-state index contributed by atoms with van der Waals surface area (Å²) in [6.07, 6.45) is 3.21. The molecule has 0 fully saturated rings. The Hall–Kier alpha value is -5.27. The summed E-state index contributed by atoms with van der Waals surface area (Å²) in [5, 5.41) is 5.29. The highest BCUT2D eigenvalue weighted by molar-refractivity contribution is 6.30. The lowest BCUT2D eigenvalue weighted by molar-refractivity contribution is -0.118. The van der Waals surface area contributed by atoms with Crippen LogP contribution in [0.15, 0.2) is 127 Å². The fraction of sp³-hybridized carbons (Fsp3) is 0.0303. The van der Waals surface area contributed by atoms with Crippen LogP contribution in [0.25, 0.3) is 23.0 Å². The summed E-state index contributed by atoms with van der Waals surface area (Å²) >= 11 is 5.99. The van der Waals surface area contributed by atoms with Crippen molar-refractivity contribution in [3.63, 3.8) is 0 Å². The number of benzene rings is 4. The van der Waals surface area contributed by atoms with Crippen molar-refractivity contribution in [3.05, 3.63) is 149 Å². The predicted molar refractivity (Wildman–Crippen MR) is 159 cm³/mol. The maximum absolute atomic E-state index is 13.4. The fourth-order valence-electron chi connectivity index (χ4n) is 4.18. The molecule has 0 aliphatic rings. The number of carbonyl (C=O) groups excluding carboxylic acids is 3. The quantitative estimate of drug-likeness (QED) is 0.132. The molecular formula is C33H25ClN4O3. The Morgan fingerprint density at radius 3 is 2.00 bits per heavy atom. The molecule has 2 N–H and O–H groups in total. The van der Waals surface area contributed by atoms with E-state index in [1.54, 1.807) is 71.6 Å². The van der Waals surface area contributed by atoms with Gasteiger partial charge in [0.15, 0.2) is 5.78 Å². The number of para-hydroxylation sites is 1. The highest BCUT2D eigenvalue weighted by Gasteiger charge is 2.19. The van der Waals surface area contributed by atoms with Crippen LogP contribution in [0.2, 0.25) is 5.02 Å². The molecule has 0 bridgehead atoms. The third-order valence-electron chi connectivity index (χ3n) is 6.27. The number of ketones is 1. The normalized spacial score (nSPS) is 11.1. The monoisotopic (exact) mass is 560 g/mol. The van der Waals surface area contributed by atoms with Crippen LogP contribution >= 0.6 is 11.6 Å². The van der Waals surface area contributed by atoms with Crippen molar-refractivity contribution < 1.29 is 14.4 Å². The molecule has 0 saturated carbocycles. The molecule has 0 atom stereocenters. The number of carbonyl (C=O) groups is 3. The van der Waals surface area contributed by atoms with Crippen molar-refractivity contribution >= 4 is 35.3 Å². The molecule has 8 heteroatoms. The molecule has 0 unspecified atom stereocenters. The second-order valence-corrected chi connectivity index (χ2v) is 9.57. The number of halogens is 1. The highest BCUT2D eigenvalue weighted by Crippen LogP contribution is 2.27. The van der Waals surface area contributed by atoms with Gasteiger partial charge in [-0.1, -0.05) is 78.3 Å². The van der Waals surface area contributed by atoms with Crippen molar-refractivity contribution in [2.45, 2.75) is 6.42 Å². The van der Waals surface area contributed by atoms with E-state index in [-0.39, 0.29) is 17.8 Å². The van der Waals surface area contributed by atoms with Gasteiger partial charge in [0.1, 0.15) is 0 Å².